The van der Waals surface area contributed by atoms with Gasteiger partial charge in [-0.25, -0.2) is 8.42 Å². The quantitative estimate of drug-likeness (QED) is 0.792. The van der Waals surface area contributed by atoms with Gasteiger partial charge in [0.25, 0.3) is 0 Å². The molecule has 1 heterocycles. The Kier molecular flexibility index (Phi) is 3.62. The Balaban J connectivity index is 2.40. The maximum absolute atomic E-state index is 12.4. The third-order valence-corrected chi connectivity index (χ3v) is 5.33. The highest BCUT2D eigenvalue weighted by atomic mass is 32.2. The maximum atomic E-state index is 12.4. The number of aryl methyl sites for hydroxylation is 1. The fraction of sp³-hybridized carbons (Fsp3) is 0.417. The number of hydrogen-bond acceptors (Lipinski definition) is 4. The van der Waals surface area contributed by atoms with Crippen LogP contribution in [0.3, 0.4) is 0 Å². The molecule has 7 heteroatoms. The van der Waals surface area contributed by atoms with Gasteiger partial charge >= 0.3 is 0 Å². The molecular weight excluding hydrogens is 266 g/mol. The van der Waals surface area contributed by atoms with E-state index >= 15 is 0 Å². The van der Waals surface area contributed by atoms with Crippen LogP contribution < -0.4 is 11.1 Å². The molecule has 1 fully saturated rings. The van der Waals surface area contributed by atoms with Crippen LogP contribution in [-0.2, 0) is 10.0 Å². The van der Waals surface area contributed by atoms with E-state index in [-0.39, 0.29) is 16.5 Å². The Morgan fingerprint density at radius 3 is 2.53 bits per heavy atom. The normalized spacial score (nSPS) is 16.4. The van der Waals surface area contributed by atoms with Gasteiger partial charge in [0.05, 0.1) is 4.90 Å². The number of primary amides is 1. The van der Waals surface area contributed by atoms with Gasteiger partial charge in [0.2, 0.25) is 15.9 Å². The molecule has 1 aliphatic rings. The van der Waals surface area contributed by atoms with E-state index in [9.17, 15) is 13.2 Å². The van der Waals surface area contributed by atoms with E-state index in [1.54, 1.807) is 20.0 Å². The van der Waals surface area contributed by atoms with Crippen LogP contribution in [-0.4, -0.2) is 44.8 Å². The minimum absolute atomic E-state index is 0.0386. The van der Waals surface area contributed by atoms with Crippen molar-refractivity contribution in [1.82, 2.24) is 9.62 Å². The molecule has 6 nitrogen and oxygen atoms in total. The van der Waals surface area contributed by atoms with E-state index in [0.29, 0.717) is 18.7 Å². The summed E-state index contributed by atoms with van der Waals surface area (Å²) in [6.45, 7) is 3.00. The van der Waals surface area contributed by atoms with Crippen LogP contribution in [0.15, 0.2) is 23.1 Å². The largest absolute Gasteiger partial charge is 0.366 e. The van der Waals surface area contributed by atoms with Crippen molar-refractivity contribution in [3.8, 4) is 0 Å². The summed E-state index contributed by atoms with van der Waals surface area (Å²) in [7, 11) is -2.04. The minimum Gasteiger partial charge on any atom is -0.366 e. The molecule has 0 aromatic heterocycles. The van der Waals surface area contributed by atoms with Gasteiger partial charge in [-0.15, -0.1) is 0 Å². The van der Waals surface area contributed by atoms with Gasteiger partial charge in [0.15, 0.2) is 0 Å². The van der Waals surface area contributed by atoms with E-state index in [0.717, 1.165) is 0 Å². The summed E-state index contributed by atoms with van der Waals surface area (Å²) in [6.07, 6.45) is 0. The molecule has 1 aliphatic heterocycles. The van der Waals surface area contributed by atoms with Gasteiger partial charge in [-0.05, 0) is 24.6 Å². The molecule has 19 heavy (non-hydrogen) atoms. The Labute approximate surface area is 112 Å². The molecule has 0 bridgehead atoms. The van der Waals surface area contributed by atoms with Crippen molar-refractivity contribution >= 4 is 15.9 Å². The Morgan fingerprint density at radius 1 is 1.42 bits per heavy atom. The molecular formula is C12H17N3O3S. The van der Waals surface area contributed by atoms with Crippen molar-refractivity contribution in [3.05, 3.63) is 29.3 Å². The summed E-state index contributed by atoms with van der Waals surface area (Å²) < 4.78 is 26.1. The lowest BCUT2D eigenvalue weighted by atomic mass is 10.1. The second-order valence-electron chi connectivity index (χ2n) is 4.67. The first-order valence-corrected chi connectivity index (χ1v) is 7.37. The number of hydrogen-bond donors (Lipinski definition) is 2. The second kappa shape index (κ2) is 4.92. The lowest BCUT2D eigenvalue weighted by Gasteiger charge is -2.34. The van der Waals surface area contributed by atoms with Crippen LogP contribution in [0.5, 0.6) is 0 Å². The topological polar surface area (TPSA) is 92.5 Å². The van der Waals surface area contributed by atoms with E-state index in [4.69, 9.17) is 5.73 Å². The summed E-state index contributed by atoms with van der Waals surface area (Å²) in [5, 5.41) is 3.02. The van der Waals surface area contributed by atoms with Crippen LogP contribution >= 0.6 is 0 Å². The van der Waals surface area contributed by atoms with Crippen LogP contribution in [0, 0.1) is 6.92 Å². The number of carbonyl (C=O) groups excluding carboxylic acids is 1. The van der Waals surface area contributed by atoms with Gasteiger partial charge < -0.3 is 11.1 Å². The smallest absolute Gasteiger partial charge is 0.249 e. The maximum Gasteiger partial charge on any atom is 0.249 e. The first-order valence-electron chi connectivity index (χ1n) is 5.93. The number of nitrogens with zero attached hydrogens (tertiary/aromatic N) is 1. The number of sulfonamides is 1. The zero-order chi connectivity index (χ0) is 14.2. The summed E-state index contributed by atoms with van der Waals surface area (Å²) in [5.41, 5.74) is 6.15. The van der Waals surface area contributed by atoms with Crippen LogP contribution in [0.2, 0.25) is 0 Å². The van der Waals surface area contributed by atoms with Crippen molar-refractivity contribution in [1.29, 1.82) is 0 Å². The zero-order valence-electron chi connectivity index (χ0n) is 10.9. The average molecular weight is 283 g/mol. The Bertz CT molecular complexity index is 609. The molecule has 0 spiro atoms. The molecule has 1 aromatic carbocycles. The molecule has 0 radical (unpaired) electrons. The molecule has 2 rings (SSSR count). The predicted octanol–water partition coefficient (Wildman–Crippen LogP) is -0.314. The number of rotatable bonds is 4. The summed E-state index contributed by atoms with van der Waals surface area (Å²) in [4.78, 5) is 11.4. The molecule has 0 unspecified atom stereocenters. The van der Waals surface area contributed by atoms with E-state index in [2.05, 4.69) is 5.32 Å². The average Bonchev–Trinajstić information content (AvgIpc) is 2.26. The first-order chi connectivity index (χ1) is 8.84. The Hall–Kier alpha value is -1.44. The van der Waals surface area contributed by atoms with Crippen LogP contribution in [0.4, 0.5) is 0 Å². The number of nitrogens with two attached hydrogens (primary N) is 1. The highest BCUT2D eigenvalue weighted by Gasteiger charge is 2.32. The van der Waals surface area contributed by atoms with Crippen LogP contribution in [0.1, 0.15) is 15.9 Å². The number of amides is 1. The predicted molar refractivity (Wildman–Crippen MR) is 71.3 cm³/mol. The monoisotopic (exact) mass is 283 g/mol. The minimum atomic E-state index is -3.59. The number of likely N-dealkylation sites (N-methyl/N-ethyl adjacent to an activating group) is 1. The van der Waals surface area contributed by atoms with Crippen LogP contribution in [0.25, 0.3) is 0 Å². The van der Waals surface area contributed by atoms with Crippen molar-refractivity contribution in [2.75, 3.05) is 20.1 Å². The molecule has 1 amide bonds. The SMILES string of the molecule is Cc1ccc(S(=O)(=O)N(C)C2CNC2)cc1C(N)=O. The van der Waals surface area contributed by atoms with Crippen molar-refractivity contribution in [2.24, 2.45) is 5.73 Å². The third kappa shape index (κ3) is 2.49. The highest BCUT2D eigenvalue weighted by Crippen LogP contribution is 2.21. The number of carbonyl (C=O) groups is 1. The lowest BCUT2D eigenvalue weighted by Crippen LogP contribution is -2.57. The highest BCUT2D eigenvalue weighted by molar-refractivity contribution is 7.89. The van der Waals surface area contributed by atoms with Gasteiger partial charge in [0, 0.05) is 31.7 Å². The molecule has 0 saturated carbocycles. The summed E-state index contributed by atoms with van der Waals surface area (Å²) >= 11 is 0. The van der Waals surface area contributed by atoms with Crippen molar-refractivity contribution in [3.63, 3.8) is 0 Å². The fourth-order valence-electron chi connectivity index (χ4n) is 1.92. The number of nitrogens with one attached hydrogen (secondary N) is 1. The molecule has 1 aromatic rings. The van der Waals surface area contributed by atoms with Crippen molar-refractivity contribution < 1.29 is 13.2 Å². The molecule has 1 saturated heterocycles. The van der Waals surface area contributed by atoms with E-state index < -0.39 is 15.9 Å². The van der Waals surface area contributed by atoms with Gasteiger partial charge in [0.1, 0.15) is 0 Å². The van der Waals surface area contributed by atoms with Gasteiger partial charge in [-0.1, -0.05) is 6.07 Å². The Morgan fingerprint density at radius 2 is 2.05 bits per heavy atom. The fourth-order valence-corrected chi connectivity index (χ4v) is 3.30. The first kappa shape index (κ1) is 14.0. The van der Waals surface area contributed by atoms with E-state index in [1.165, 1.54) is 16.4 Å². The third-order valence-electron chi connectivity index (χ3n) is 3.43. The molecule has 0 atom stereocenters. The molecule has 104 valence electrons. The van der Waals surface area contributed by atoms with Crippen molar-refractivity contribution in [2.45, 2.75) is 17.9 Å². The molecule has 0 aliphatic carbocycles. The van der Waals surface area contributed by atoms with E-state index in [1.807, 2.05) is 0 Å². The second-order valence-corrected chi connectivity index (χ2v) is 6.67. The zero-order valence-corrected chi connectivity index (χ0v) is 11.7. The lowest BCUT2D eigenvalue weighted by molar-refractivity contribution is 0.0999. The number of benzene rings is 1. The summed E-state index contributed by atoms with van der Waals surface area (Å²) in [6, 6.07) is 4.40. The van der Waals surface area contributed by atoms with Gasteiger partial charge in [-0.3, -0.25) is 4.79 Å². The molecule has 3 N–H and O–H groups in total. The standard InChI is InChI=1S/C12H17N3O3S/c1-8-3-4-10(5-11(8)12(13)16)19(17,18)15(2)9-6-14-7-9/h3-5,9,14H,6-7H2,1-2H3,(H2,13,16). The summed E-state index contributed by atoms with van der Waals surface area (Å²) in [5.74, 6) is -0.623. The van der Waals surface area contributed by atoms with Gasteiger partial charge in [-0.2, -0.15) is 4.31 Å².